The van der Waals surface area contributed by atoms with Crippen LogP contribution in [0.1, 0.15) is 12.8 Å². The molecule has 2 fully saturated rings. The Morgan fingerprint density at radius 2 is 1.23 bits per heavy atom. The summed E-state index contributed by atoms with van der Waals surface area (Å²) in [5, 5.41) is 14.2. The Morgan fingerprint density at radius 1 is 0.771 bits per heavy atom. The van der Waals surface area contributed by atoms with Crippen LogP contribution in [0.4, 0.5) is 0 Å². The molecule has 0 spiro atoms. The van der Waals surface area contributed by atoms with E-state index in [1.165, 1.54) is 23.5 Å². The first kappa shape index (κ1) is 29.2. The van der Waals surface area contributed by atoms with Gasteiger partial charge in [0.25, 0.3) is 0 Å². The predicted molar refractivity (Wildman–Crippen MR) is 131 cm³/mol. The van der Waals surface area contributed by atoms with Crippen molar-refractivity contribution in [2.75, 3.05) is 82.2 Å². The molecular weight excluding hydrogens is 500 g/mol. The van der Waals surface area contributed by atoms with E-state index in [4.69, 9.17) is 9.47 Å². The van der Waals surface area contributed by atoms with Gasteiger partial charge in [-0.25, -0.2) is 4.79 Å². The van der Waals surface area contributed by atoms with Gasteiger partial charge in [0.2, 0.25) is 23.6 Å². The maximum absolute atomic E-state index is 12.1. The largest absolute Gasteiger partial charge is 0.480 e. The average molecular weight is 535 g/mol. The fraction of sp³-hybridized carbons (Fsp3) is 0.762. The third-order valence-electron chi connectivity index (χ3n) is 5.25. The van der Waals surface area contributed by atoms with Crippen LogP contribution in [-0.4, -0.2) is 133 Å². The van der Waals surface area contributed by atoms with E-state index >= 15 is 0 Å². The topological polar surface area (TPSA) is 155 Å². The number of aliphatic carboxylic acids is 1. The molecule has 12 nitrogen and oxygen atoms in total. The molecule has 4 amide bonds. The van der Waals surface area contributed by atoms with E-state index in [-0.39, 0.29) is 35.8 Å². The molecule has 14 heteroatoms. The lowest BCUT2D eigenvalue weighted by Crippen LogP contribution is -2.49. The van der Waals surface area contributed by atoms with Gasteiger partial charge in [0.15, 0.2) is 0 Å². The summed E-state index contributed by atoms with van der Waals surface area (Å²) in [6, 6.07) is -1.25. The van der Waals surface area contributed by atoms with Gasteiger partial charge in [-0.3, -0.25) is 19.2 Å². The van der Waals surface area contributed by atoms with Gasteiger partial charge in [-0.05, 0) is 0 Å². The van der Waals surface area contributed by atoms with Gasteiger partial charge >= 0.3 is 5.97 Å². The number of thioether (sulfide) groups is 2. The number of nitrogens with one attached hydrogen (secondary N) is 2. The number of amides is 4. The first-order valence-corrected chi connectivity index (χ1v) is 13.8. The molecule has 0 aromatic rings. The number of carboxylic acids is 1. The lowest BCUT2D eigenvalue weighted by Gasteiger charge is -2.26. The fourth-order valence-electron chi connectivity index (χ4n) is 3.29. The summed E-state index contributed by atoms with van der Waals surface area (Å²) in [6.07, 6.45) is 0.619. The van der Waals surface area contributed by atoms with Crippen molar-refractivity contribution in [1.82, 2.24) is 20.4 Å². The average Bonchev–Trinajstić information content (AvgIpc) is 2.87. The zero-order valence-corrected chi connectivity index (χ0v) is 21.3. The van der Waals surface area contributed by atoms with E-state index in [1.807, 2.05) is 0 Å². The Kier molecular flexibility index (Phi) is 13.9. The van der Waals surface area contributed by atoms with Crippen molar-refractivity contribution in [3.05, 3.63) is 0 Å². The van der Waals surface area contributed by atoms with Crippen molar-refractivity contribution >= 4 is 53.1 Å². The van der Waals surface area contributed by atoms with Crippen molar-refractivity contribution in [3.63, 3.8) is 0 Å². The van der Waals surface area contributed by atoms with Crippen LogP contribution < -0.4 is 10.6 Å². The highest BCUT2D eigenvalue weighted by Gasteiger charge is 2.21. The summed E-state index contributed by atoms with van der Waals surface area (Å²) in [6.45, 7) is 4.19. The van der Waals surface area contributed by atoms with E-state index in [0.717, 1.165) is 0 Å². The number of carboxylic acid groups (broad SMARTS) is 1. The zero-order valence-electron chi connectivity index (χ0n) is 19.7. The van der Waals surface area contributed by atoms with E-state index < -0.39 is 17.9 Å². The van der Waals surface area contributed by atoms with Crippen LogP contribution in [0.3, 0.4) is 0 Å². The number of ether oxygens (including phenoxy) is 2. The maximum atomic E-state index is 12.1. The Hall–Kier alpha value is -2.03. The van der Waals surface area contributed by atoms with Crippen LogP contribution in [0.25, 0.3) is 0 Å². The molecule has 3 N–H and O–H groups in total. The molecule has 2 heterocycles. The quantitative estimate of drug-likeness (QED) is 0.228. The van der Waals surface area contributed by atoms with Crippen LogP contribution in [0.15, 0.2) is 0 Å². The van der Waals surface area contributed by atoms with Crippen molar-refractivity contribution in [1.29, 1.82) is 0 Å². The monoisotopic (exact) mass is 534 g/mol. The van der Waals surface area contributed by atoms with Gasteiger partial charge < -0.3 is 35.0 Å². The summed E-state index contributed by atoms with van der Waals surface area (Å²) >= 11 is 2.53. The molecule has 2 saturated heterocycles. The van der Waals surface area contributed by atoms with Crippen LogP contribution in [0.2, 0.25) is 0 Å². The normalized spacial score (nSPS) is 16.9. The second kappa shape index (κ2) is 16.6. The van der Waals surface area contributed by atoms with Crippen molar-refractivity contribution in [2.24, 2.45) is 0 Å². The molecule has 0 bridgehead atoms. The Labute approximate surface area is 213 Å². The lowest BCUT2D eigenvalue weighted by atomic mass is 10.3. The van der Waals surface area contributed by atoms with Crippen molar-refractivity contribution in [3.8, 4) is 0 Å². The van der Waals surface area contributed by atoms with Crippen molar-refractivity contribution < 1.29 is 38.6 Å². The third-order valence-corrected chi connectivity index (χ3v) is 7.17. The highest BCUT2D eigenvalue weighted by Crippen LogP contribution is 2.08. The van der Waals surface area contributed by atoms with E-state index in [1.54, 1.807) is 9.80 Å². The Bertz CT molecular complexity index is 730. The van der Waals surface area contributed by atoms with Gasteiger partial charge in [0, 0.05) is 57.1 Å². The zero-order chi connectivity index (χ0) is 25.5. The van der Waals surface area contributed by atoms with Gasteiger partial charge in [-0.1, -0.05) is 0 Å². The fourth-order valence-corrected chi connectivity index (χ4v) is 4.78. The number of hydrogen-bond donors (Lipinski definition) is 3. The summed E-state index contributed by atoms with van der Waals surface area (Å²) < 4.78 is 10.4. The smallest absolute Gasteiger partial charge is 0.328 e. The minimum absolute atomic E-state index is 0.00987. The highest BCUT2D eigenvalue weighted by atomic mass is 32.2. The lowest BCUT2D eigenvalue weighted by molar-refractivity contribution is -0.141. The second-order valence-electron chi connectivity index (χ2n) is 7.85. The van der Waals surface area contributed by atoms with Crippen LogP contribution in [-0.2, 0) is 33.4 Å². The number of morpholine rings is 2. The number of carbonyl (C=O) groups is 5. The predicted octanol–water partition coefficient (Wildman–Crippen LogP) is -1.36. The SMILES string of the molecule is O=C(CSCCC(=O)N1CCOCC1)NCC(NC(=O)CSCCC(=O)N1CCOCC1)C(=O)O. The van der Waals surface area contributed by atoms with E-state index in [0.29, 0.717) is 77.0 Å². The first-order valence-electron chi connectivity index (χ1n) is 11.5. The highest BCUT2D eigenvalue weighted by molar-refractivity contribution is 8.00. The van der Waals surface area contributed by atoms with Crippen LogP contribution in [0.5, 0.6) is 0 Å². The van der Waals surface area contributed by atoms with Gasteiger partial charge in [-0.15, -0.1) is 0 Å². The minimum Gasteiger partial charge on any atom is -0.480 e. The molecule has 0 aliphatic carbocycles. The van der Waals surface area contributed by atoms with Crippen molar-refractivity contribution in [2.45, 2.75) is 18.9 Å². The molecular formula is C21H34N4O8S2. The maximum Gasteiger partial charge on any atom is 0.328 e. The Morgan fingerprint density at radius 3 is 1.69 bits per heavy atom. The first-order chi connectivity index (χ1) is 16.9. The molecule has 1 atom stereocenters. The summed E-state index contributed by atoms with van der Waals surface area (Å²) in [5.74, 6) is -1.04. The molecule has 0 aromatic heterocycles. The number of hydrogen-bond acceptors (Lipinski definition) is 9. The Balaban J connectivity index is 1.55. The van der Waals surface area contributed by atoms with Gasteiger partial charge in [0.05, 0.1) is 37.9 Å². The van der Waals surface area contributed by atoms with Crippen LogP contribution in [0, 0.1) is 0 Å². The summed E-state index contributed by atoms with van der Waals surface area (Å²) in [4.78, 5) is 63.1. The molecule has 0 radical (unpaired) electrons. The number of carbonyl (C=O) groups excluding carboxylic acids is 4. The van der Waals surface area contributed by atoms with Crippen LogP contribution >= 0.6 is 23.5 Å². The molecule has 35 heavy (non-hydrogen) atoms. The molecule has 0 saturated carbocycles. The second-order valence-corrected chi connectivity index (χ2v) is 10.1. The number of nitrogens with zero attached hydrogens (tertiary/aromatic N) is 2. The van der Waals surface area contributed by atoms with E-state index in [9.17, 15) is 29.1 Å². The third kappa shape index (κ3) is 12.0. The molecule has 2 aliphatic heterocycles. The molecule has 0 aromatic carbocycles. The molecule has 198 valence electrons. The molecule has 2 aliphatic rings. The van der Waals surface area contributed by atoms with E-state index in [2.05, 4.69) is 10.6 Å². The number of rotatable bonds is 14. The molecule has 2 rings (SSSR count). The standard InChI is InChI=1S/C21H34N4O8S2/c26-17(14-34-11-1-19(28)24-3-7-32-8-4-24)22-13-16(21(30)31)23-18(27)15-35-12-2-20(29)25-5-9-33-10-6-25/h16H,1-15H2,(H,22,26)(H,23,27)(H,30,31). The summed E-state index contributed by atoms with van der Waals surface area (Å²) in [5.41, 5.74) is 0. The summed E-state index contributed by atoms with van der Waals surface area (Å²) in [7, 11) is 0. The van der Waals surface area contributed by atoms with Gasteiger partial charge in [0.1, 0.15) is 6.04 Å². The van der Waals surface area contributed by atoms with Gasteiger partial charge in [-0.2, -0.15) is 23.5 Å². The molecule has 1 unspecified atom stereocenters. The minimum atomic E-state index is -1.25.